The topological polar surface area (TPSA) is 26.3 Å². The predicted molar refractivity (Wildman–Crippen MR) is 43.3 cm³/mol. The second kappa shape index (κ2) is 5.30. The Morgan fingerprint density at radius 3 is 1.70 bits per heavy atom. The molecule has 0 heterocycles. The van der Waals surface area contributed by atoms with Crippen molar-refractivity contribution in [3.05, 3.63) is 11.1 Å². The van der Waals surface area contributed by atoms with Crippen molar-refractivity contribution in [1.82, 2.24) is 0 Å². The van der Waals surface area contributed by atoms with Crippen molar-refractivity contribution in [3.8, 4) is 0 Å². The largest absolute Gasteiger partial charge is 0.466 e. The number of esters is 1. The van der Waals surface area contributed by atoms with E-state index in [9.17, 15) is 4.79 Å². The molecule has 0 aromatic carbocycles. The third-order valence-corrected chi connectivity index (χ3v) is 1.24. The Morgan fingerprint density at radius 1 is 1.20 bits per heavy atom. The molecule has 0 aromatic heterocycles. The highest BCUT2D eigenvalue weighted by atomic mass is 35.5. The maximum absolute atomic E-state index is 10.7. The third-order valence-electron chi connectivity index (χ3n) is 1.24. The number of rotatable bonds is 1. The second-order valence-electron chi connectivity index (χ2n) is 2.12. The summed E-state index contributed by atoms with van der Waals surface area (Å²) in [4.78, 5) is 10.7. The van der Waals surface area contributed by atoms with Crippen LogP contribution in [0.4, 0.5) is 0 Å². The molecule has 10 heavy (non-hydrogen) atoms. The van der Waals surface area contributed by atoms with Gasteiger partial charge in [0.1, 0.15) is 0 Å². The first-order valence-corrected chi connectivity index (χ1v) is 2.82. The number of allylic oxidation sites excluding steroid dienone is 1. The maximum Gasteiger partial charge on any atom is 0.333 e. The number of halogens is 1. The Hall–Kier alpha value is -0.500. The molecule has 0 amide bonds. The van der Waals surface area contributed by atoms with Crippen molar-refractivity contribution in [2.75, 3.05) is 7.11 Å². The minimum atomic E-state index is -0.241. The molecule has 0 N–H and O–H groups in total. The molecule has 0 saturated heterocycles. The lowest BCUT2D eigenvalue weighted by molar-refractivity contribution is -0.136. The van der Waals surface area contributed by atoms with Crippen LogP contribution in [0.3, 0.4) is 0 Å². The van der Waals surface area contributed by atoms with Gasteiger partial charge >= 0.3 is 5.97 Å². The molecule has 3 heteroatoms. The van der Waals surface area contributed by atoms with E-state index in [1.54, 1.807) is 6.92 Å². The Balaban J connectivity index is 0. The van der Waals surface area contributed by atoms with Gasteiger partial charge in [0.2, 0.25) is 0 Å². The van der Waals surface area contributed by atoms with Gasteiger partial charge in [0, 0.05) is 5.57 Å². The van der Waals surface area contributed by atoms with E-state index in [1.165, 1.54) is 7.11 Å². The Kier molecular flexibility index (Phi) is 6.46. The summed E-state index contributed by atoms with van der Waals surface area (Å²) in [5.74, 6) is -0.241. The average Bonchev–Trinajstić information content (AvgIpc) is 1.84. The van der Waals surface area contributed by atoms with Crippen molar-refractivity contribution in [1.29, 1.82) is 0 Å². The van der Waals surface area contributed by atoms with Gasteiger partial charge in [-0.1, -0.05) is 5.57 Å². The van der Waals surface area contributed by atoms with E-state index >= 15 is 0 Å². The van der Waals surface area contributed by atoms with Crippen LogP contribution in [0.1, 0.15) is 20.8 Å². The van der Waals surface area contributed by atoms with Gasteiger partial charge in [-0.3, -0.25) is 0 Å². The van der Waals surface area contributed by atoms with Gasteiger partial charge in [0.25, 0.3) is 0 Å². The number of methoxy groups -OCH3 is 1. The zero-order valence-electron chi connectivity index (χ0n) is 6.72. The van der Waals surface area contributed by atoms with E-state index in [-0.39, 0.29) is 18.4 Å². The summed E-state index contributed by atoms with van der Waals surface area (Å²) in [6.45, 7) is 5.51. The molecule has 0 aromatic rings. The summed E-state index contributed by atoms with van der Waals surface area (Å²) in [5.41, 5.74) is 1.69. The van der Waals surface area contributed by atoms with Crippen molar-refractivity contribution in [2.24, 2.45) is 0 Å². The van der Waals surface area contributed by atoms with Crippen LogP contribution in [-0.4, -0.2) is 13.1 Å². The fourth-order valence-corrected chi connectivity index (χ4v) is 0.357. The molecule has 0 rings (SSSR count). The molecule has 0 radical (unpaired) electrons. The van der Waals surface area contributed by atoms with Crippen LogP contribution >= 0.6 is 12.4 Å². The minimum Gasteiger partial charge on any atom is -0.466 e. The van der Waals surface area contributed by atoms with Crippen molar-refractivity contribution >= 4 is 18.4 Å². The number of carbonyl (C=O) groups is 1. The molecule has 0 saturated carbocycles. The van der Waals surface area contributed by atoms with Crippen molar-refractivity contribution in [2.45, 2.75) is 20.8 Å². The maximum atomic E-state index is 10.7. The standard InChI is InChI=1S/C7H12O2.ClH/c1-5(2)6(3)7(8)9-4;/h1-4H3;1H. The lowest BCUT2D eigenvalue weighted by Gasteiger charge is -1.98. The number of carbonyl (C=O) groups excluding carboxylic acids is 1. The van der Waals surface area contributed by atoms with Gasteiger partial charge < -0.3 is 4.74 Å². The summed E-state index contributed by atoms with van der Waals surface area (Å²) in [5, 5.41) is 0. The molecule has 0 spiro atoms. The first kappa shape index (κ1) is 12.2. The van der Waals surface area contributed by atoms with Crippen molar-refractivity contribution in [3.63, 3.8) is 0 Å². The summed E-state index contributed by atoms with van der Waals surface area (Å²) < 4.78 is 4.48. The summed E-state index contributed by atoms with van der Waals surface area (Å²) in [6, 6.07) is 0. The molecule has 0 atom stereocenters. The molecule has 0 bridgehead atoms. The average molecular weight is 165 g/mol. The van der Waals surface area contributed by atoms with Crippen LogP contribution in [0.25, 0.3) is 0 Å². The van der Waals surface area contributed by atoms with E-state index < -0.39 is 0 Å². The number of ether oxygens (including phenoxy) is 1. The smallest absolute Gasteiger partial charge is 0.333 e. The SMILES string of the molecule is COC(=O)C(C)=C(C)C.Cl. The quantitative estimate of drug-likeness (QED) is 0.437. The predicted octanol–water partition coefficient (Wildman–Crippen LogP) is 1.94. The molecular weight excluding hydrogens is 152 g/mol. The van der Waals surface area contributed by atoms with E-state index in [1.807, 2.05) is 13.8 Å². The highest BCUT2D eigenvalue weighted by Gasteiger charge is 2.02. The van der Waals surface area contributed by atoms with Crippen LogP contribution in [0.5, 0.6) is 0 Å². The molecule has 0 aliphatic rings. The molecule has 60 valence electrons. The number of hydrogen-bond acceptors (Lipinski definition) is 2. The third kappa shape index (κ3) is 3.51. The van der Waals surface area contributed by atoms with Crippen LogP contribution in [0, 0.1) is 0 Å². The minimum absolute atomic E-state index is 0. The van der Waals surface area contributed by atoms with E-state index in [4.69, 9.17) is 0 Å². The lowest BCUT2D eigenvalue weighted by Crippen LogP contribution is -2.02. The van der Waals surface area contributed by atoms with Gasteiger partial charge in [0.05, 0.1) is 7.11 Å². The fourth-order valence-electron chi connectivity index (χ4n) is 0.357. The highest BCUT2D eigenvalue weighted by molar-refractivity contribution is 5.88. The van der Waals surface area contributed by atoms with E-state index in [2.05, 4.69) is 4.74 Å². The Labute approximate surface area is 67.7 Å². The summed E-state index contributed by atoms with van der Waals surface area (Å²) in [6.07, 6.45) is 0. The van der Waals surface area contributed by atoms with Gasteiger partial charge in [0.15, 0.2) is 0 Å². The highest BCUT2D eigenvalue weighted by Crippen LogP contribution is 2.02. The first-order chi connectivity index (χ1) is 4.09. The number of hydrogen-bond donors (Lipinski definition) is 0. The van der Waals surface area contributed by atoms with Gasteiger partial charge in [-0.25, -0.2) is 4.79 Å². The van der Waals surface area contributed by atoms with E-state index in [0.29, 0.717) is 5.57 Å². The van der Waals surface area contributed by atoms with Crippen molar-refractivity contribution < 1.29 is 9.53 Å². The van der Waals surface area contributed by atoms with Crippen LogP contribution in [0.2, 0.25) is 0 Å². The van der Waals surface area contributed by atoms with E-state index in [0.717, 1.165) is 5.57 Å². The molecular formula is C7H13ClO2. The first-order valence-electron chi connectivity index (χ1n) is 2.82. The monoisotopic (exact) mass is 164 g/mol. The Bertz CT molecular complexity index is 146. The summed E-state index contributed by atoms with van der Waals surface area (Å²) >= 11 is 0. The molecule has 0 aliphatic carbocycles. The molecule has 2 nitrogen and oxygen atoms in total. The normalized spacial score (nSPS) is 7.60. The molecule has 0 fully saturated rings. The lowest BCUT2D eigenvalue weighted by atomic mass is 10.2. The molecule has 0 unspecified atom stereocenters. The van der Waals surface area contributed by atoms with Gasteiger partial charge in [-0.05, 0) is 20.8 Å². The summed E-state index contributed by atoms with van der Waals surface area (Å²) in [7, 11) is 1.38. The molecule has 0 aliphatic heterocycles. The zero-order chi connectivity index (χ0) is 7.44. The fraction of sp³-hybridized carbons (Fsp3) is 0.571. The van der Waals surface area contributed by atoms with Gasteiger partial charge in [-0.2, -0.15) is 0 Å². The van der Waals surface area contributed by atoms with Crippen LogP contribution in [-0.2, 0) is 9.53 Å². The van der Waals surface area contributed by atoms with Crippen LogP contribution in [0.15, 0.2) is 11.1 Å². The van der Waals surface area contributed by atoms with Crippen LogP contribution < -0.4 is 0 Å². The Morgan fingerprint density at radius 2 is 1.60 bits per heavy atom. The zero-order valence-corrected chi connectivity index (χ0v) is 7.54. The van der Waals surface area contributed by atoms with Gasteiger partial charge in [-0.15, -0.1) is 12.4 Å². The second-order valence-corrected chi connectivity index (χ2v) is 2.12.